The maximum Gasteiger partial charge on any atom is 0.171 e. The average Bonchev–Trinajstić information content (AvgIpc) is 2.31. The van der Waals surface area contributed by atoms with E-state index in [1.807, 2.05) is 24.3 Å². The standard InChI is InChI=1S/C15H23ClN2S/c1-11(2)7-6-8-12(3)17-15(19)18-14-10-5-4-9-13(14)16/h4-5,9-12H,6-8H2,1-3H3,(H2,17,18,19). The predicted molar refractivity (Wildman–Crippen MR) is 89.0 cm³/mol. The minimum atomic E-state index is 0.376. The normalized spacial score (nSPS) is 12.3. The average molecular weight is 299 g/mol. The van der Waals surface area contributed by atoms with E-state index in [-0.39, 0.29) is 0 Å². The highest BCUT2D eigenvalue weighted by Gasteiger charge is 2.06. The van der Waals surface area contributed by atoms with Crippen molar-refractivity contribution in [2.24, 2.45) is 5.92 Å². The van der Waals surface area contributed by atoms with Crippen LogP contribution in [0.4, 0.5) is 5.69 Å². The monoisotopic (exact) mass is 298 g/mol. The summed E-state index contributed by atoms with van der Waals surface area (Å²) in [6, 6.07) is 7.97. The highest BCUT2D eigenvalue weighted by Crippen LogP contribution is 2.20. The summed E-state index contributed by atoms with van der Waals surface area (Å²) in [5.41, 5.74) is 0.844. The highest BCUT2D eigenvalue weighted by molar-refractivity contribution is 7.80. The molecule has 19 heavy (non-hydrogen) atoms. The van der Waals surface area contributed by atoms with Crippen LogP contribution in [0.15, 0.2) is 24.3 Å². The number of para-hydroxylation sites is 1. The molecule has 0 spiro atoms. The molecule has 106 valence electrons. The van der Waals surface area contributed by atoms with Crippen LogP contribution < -0.4 is 10.6 Å². The van der Waals surface area contributed by atoms with Gasteiger partial charge in [-0.3, -0.25) is 0 Å². The van der Waals surface area contributed by atoms with Gasteiger partial charge in [-0.1, -0.05) is 50.4 Å². The summed E-state index contributed by atoms with van der Waals surface area (Å²) in [6.45, 7) is 6.66. The summed E-state index contributed by atoms with van der Waals surface area (Å²) < 4.78 is 0. The van der Waals surface area contributed by atoms with E-state index in [0.29, 0.717) is 16.2 Å². The first-order valence-electron chi connectivity index (χ1n) is 6.81. The maximum absolute atomic E-state index is 6.07. The lowest BCUT2D eigenvalue weighted by atomic mass is 10.0. The summed E-state index contributed by atoms with van der Waals surface area (Å²) in [6.07, 6.45) is 3.61. The van der Waals surface area contributed by atoms with E-state index in [4.69, 9.17) is 23.8 Å². The van der Waals surface area contributed by atoms with E-state index in [1.54, 1.807) is 0 Å². The van der Waals surface area contributed by atoms with E-state index in [0.717, 1.165) is 18.0 Å². The molecule has 0 aliphatic carbocycles. The Hall–Kier alpha value is -0.800. The summed E-state index contributed by atoms with van der Waals surface area (Å²) >= 11 is 11.4. The molecule has 4 heteroatoms. The molecule has 0 saturated carbocycles. The van der Waals surface area contributed by atoms with Crippen LogP contribution in [0.1, 0.15) is 40.0 Å². The van der Waals surface area contributed by atoms with Gasteiger partial charge in [0.15, 0.2) is 5.11 Å². The zero-order valence-corrected chi connectivity index (χ0v) is 13.4. The van der Waals surface area contributed by atoms with Gasteiger partial charge in [0.05, 0.1) is 10.7 Å². The van der Waals surface area contributed by atoms with E-state index < -0.39 is 0 Å². The summed E-state index contributed by atoms with van der Waals surface area (Å²) in [5, 5.41) is 7.73. The van der Waals surface area contributed by atoms with Crippen molar-refractivity contribution in [3.63, 3.8) is 0 Å². The number of nitrogens with one attached hydrogen (secondary N) is 2. The molecule has 0 amide bonds. The van der Waals surface area contributed by atoms with Crippen LogP contribution >= 0.6 is 23.8 Å². The highest BCUT2D eigenvalue weighted by atomic mass is 35.5. The summed E-state index contributed by atoms with van der Waals surface area (Å²) in [5.74, 6) is 0.764. The third-order valence-electron chi connectivity index (χ3n) is 2.92. The minimum absolute atomic E-state index is 0.376. The fourth-order valence-electron chi connectivity index (χ4n) is 1.85. The number of anilines is 1. The van der Waals surface area contributed by atoms with E-state index in [2.05, 4.69) is 31.4 Å². The second kappa shape index (κ2) is 8.39. The molecule has 0 aliphatic rings. The van der Waals surface area contributed by atoms with E-state index >= 15 is 0 Å². The van der Waals surface area contributed by atoms with Crippen molar-refractivity contribution in [3.8, 4) is 0 Å². The Morgan fingerprint density at radius 2 is 1.89 bits per heavy atom. The van der Waals surface area contributed by atoms with Gasteiger partial charge in [0.1, 0.15) is 0 Å². The van der Waals surface area contributed by atoms with Gasteiger partial charge in [-0.05, 0) is 43.6 Å². The first kappa shape index (κ1) is 16.3. The Kier molecular flexibility index (Phi) is 7.17. The topological polar surface area (TPSA) is 24.1 Å². The molecular weight excluding hydrogens is 276 g/mol. The van der Waals surface area contributed by atoms with Crippen LogP contribution in [0.3, 0.4) is 0 Å². The number of thiocarbonyl (C=S) groups is 1. The minimum Gasteiger partial charge on any atom is -0.360 e. The van der Waals surface area contributed by atoms with Crippen molar-refractivity contribution in [3.05, 3.63) is 29.3 Å². The molecule has 0 radical (unpaired) electrons. The molecule has 0 bridgehead atoms. The van der Waals surface area contributed by atoms with Gasteiger partial charge in [-0.15, -0.1) is 0 Å². The molecule has 1 rings (SSSR count). The van der Waals surface area contributed by atoms with E-state index in [1.165, 1.54) is 12.8 Å². The molecule has 1 aromatic carbocycles. The number of halogens is 1. The Balaban J connectivity index is 2.33. The number of hydrogen-bond donors (Lipinski definition) is 2. The summed E-state index contributed by atoms with van der Waals surface area (Å²) in [4.78, 5) is 0. The Bertz CT molecular complexity index is 407. The van der Waals surface area contributed by atoms with Crippen molar-refractivity contribution in [1.29, 1.82) is 0 Å². The molecule has 2 nitrogen and oxygen atoms in total. The largest absolute Gasteiger partial charge is 0.360 e. The quantitative estimate of drug-likeness (QED) is 0.735. The Labute approximate surface area is 126 Å². The second-order valence-corrected chi connectivity index (χ2v) is 6.12. The van der Waals surface area contributed by atoms with Crippen molar-refractivity contribution in [2.75, 3.05) is 5.32 Å². The van der Waals surface area contributed by atoms with Crippen LogP contribution in [0.25, 0.3) is 0 Å². The van der Waals surface area contributed by atoms with Gasteiger partial charge in [0, 0.05) is 6.04 Å². The lowest BCUT2D eigenvalue weighted by Crippen LogP contribution is -2.35. The molecule has 0 saturated heterocycles. The number of benzene rings is 1. The van der Waals surface area contributed by atoms with Crippen LogP contribution in [-0.4, -0.2) is 11.2 Å². The zero-order chi connectivity index (χ0) is 14.3. The van der Waals surface area contributed by atoms with Crippen LogP contribution in [0.2, 0.25) is 5.02 Å². The predicted octanol–water partition coefficient (Wildman–Crippen LogP) is 4.84. The summed E-state index contributed by atoms with van der Waals surface area (Å²) in [7, 11) is 0. The molecule has 0 fully saturated rings. The Morgan fingerprint density at radius 1 is 1.21 bits per heavy atom. The smallest absolute Gasteiger partial charge is 0.171 e. The molecule has 2 N–H and O–H groups in total. The van der Waals surface area contributed by atoms with Crippen molar-refractivity contribution >= 4 is 34.6 Å². The van der Waals surface area contributed by atoms with Gasteiger partial charge in [0.2, 0.25) is 0 Å². The van der Waals surface area contributed by atoms with Crippen molar-refractivity contribution in [1.82, 2.24) is 5.32 Å². The Morgan fingerprint density at radius 3 is 2.53 bits per heavy atom. The molecule has 0 aliphatic heterocycles. The SMILES string of the molecule is CC(C)CCCC(C)NC(=S)Nc1ccccc1Cl. The first-order chi connectivity index (χ1) is 8.99. The number of hydrogen-bond acceptors (Lipinski definition) is 1. The third kappa shape index (κ3) is 6.79. The van der Waals surface area contributed by atoms with Gasteiger partial charge < -0.3 is 10.6 Å². The molecule has 1 unspecified atom stereocenters. The van der Waals surface area contributed by atoms with Crippen molar-refractivity contribution in [2.45, 2.75) is 46.1 Å². The molecule has 0 aromatic heterocycles. The van der Waals surface area contributed by atoms with Crippen LogP contribution in [0.5, 0.6) is 0 Å². The van der Waals surface area contributed by atoms with Crippen LogP contribution in [-0.2, 0) is 0 Å². The fraction of sp³-hybridized carbons (Fsp3) is 0.533. The lowest BCUT2D eigenvalue weighted by molar-refractivity contribution is 0.495. The van der Waals surface area contributed by atoms with Gasteiger partial charge in [0.25, 0.3) is 0 Å². The number of rotatable bonds is 6. The first-order valence-corrected chi connectivity index (χ1v) is 7.59. The molecule has 1 aromatic rings. The second-order valence-electron chi connectivity index (χ2n) is 5.30. The molecular formula is C15H23ClN2S. The third-order valence-corrected chi connectivity index (χ3v) is 3.47. The van der Waals surface area contributed by atoms with Crippen LogP contribution in [0, 0.1) is 5.92 Å². The van der Waals surface area contributed by atoms with Crippen molar-refractivity contribution < 1.29 is 0 Å². The fourth-order valence-corrected chi connectivity index (χ4v) is 2.34. The van der Waals surface area contributed by atoms with E-state index in [9.17, 15) is 0 Å². The maximum atomic E-state index is 6.07. The molecule has 1 atom stereocenters. The van der Waals surface area contributed by atoms with Gasteiger partial charge >= 0.3 is 0 Å². The van der Waals surface area contributed by atoms with Gasteiger partial charge in [-0.2, -0.15) is 0 Å². The lowest BCUT2D eigenvalue weighted by Gasteiger charge is -2.17. The molecule has 0 heterocycles. The van der Waals surface area contributed by atoms with Gasteiger partial charge in [-0.25, -0.2) is 0 Å². The zero-order valence-electron chi connectivity index (χ0n) is 11.9.